The Morgan fingerprint density at radius 2 is 1.81 bits per heavy atom. The van der Waals surface area contributed by atoms with Gasteiger partial charge in [0.2, 0.25) is 29.9 Å². The lowest BCUT2D eigenvalue weighted by Gasteiger charge is -2.21. The Kier molecular flexibility index (Phi) is 22.6. The van der Waals surface area contributed by atoms with E-state index in [-0.39, 0.29) is 24.2 Å². The highest BCUT2D eigenvalue weighted by molar-refractivity contribution is 7.17. The number of aliphatic carboxylic acids is 1. The number of allylic oxidation sites excluding steroid dienone is 2. The largest absolute Gasteiger partial charge is 0.481 e. The third-order valence-corrected chi connectivity index (χ3v) is 9.09. The number of hydrogen-bond acceptors (Lipinski definition) is 10. The highest BCUT2D eigenvalue weighted by atomic mass is 32.1. The Bertz CT molecular complexity index is 1510. The molecule has 286 valence electrons. The summed E-state index contributed by atoms with van der Waals surface area (Å²) in [5.41, 5.74) is 9.90. The minimum atomic E-state index is -0.661. The first kappa shape index (κ1) is 45.2. The van der Waals surface area contributed by atoms with Crippen LogP contribution in [0, 0.1) is 17.8 Å². The smallest absolute Gasteiger partial charge is 0.307 e. The number of likely N-dealkylation sites (tertiary alicyclic amines) is 1. The minimum Gasteiger partial charge on any atom is -0.481 e. The Balaban J connectivity index is 0.000000391. The summed E-state index contributed by atoms with van der Waals surface area (Å²) in [6.07, 6.45) is 19.8. The van der Waals surface area contributed by atoms with Crippen LogP contribution in [0.25, 0.3) is 21.9 Å². The lowest BCUT2D eigenvalue weighted by atomic mass is 10.1. The van der Waals surface area contributed by atoms with E-state index in [1.807, 2.05) is 16.3 Å². The van der Waals surface area contributed by atoms with E-state index in [2.05, 4.69) is 66.1 Å². The number of primary amides is 2. The number of ether oxygens (including phenoxy) is 1. The third-order valence-electron chi connectivity index (χ3n) is 8.20. The first-order valence-electron chi connectivity index (χ1n) is 17.5. The van der Waals surface area contributed by atoms with Crippen LogP contribution in [-0.2, 0) is 19.2 Å². The van der Waals surface area contributed by atoms with Crippen LogP contribution in [0.3, 0.4) is 0 Å². The molecule has 3 amide bonds. The van der Waals surface area contributed by atoms with Crippen molar-refractivity contribution in [3.63, 3.8) is 0 Å². The van der Waals surface area contributed by atoms with Crippen molar-refractivity contribution < 1.29 is 33.4 Å². The van der Waals surface area contributed by atoms with Crippen molar-refractivity contribution in [2.45, 2.75) is 90.0 Å². The van der Waals surface area contributed by atoms with E-state index in [4.69, 9.17) is 24.8 Å². The molecule has 14 heteroatoms. The number of aromatic nitrogens is 3. The maximum atomic E-state index is 12.0. The topological polar surface area (TPSA) is 205 Å². The molecule has 13 nitrogen and oxygen atoms in total. The molecule has 3 fully saturated rings. The molecule has 3 unspecified atom stereocenters. The fourth-order valence-electron chi connectivity index (χ4n) is 5.33. The number of carboxylic acid groups (broad SMARTS) is 1. The number of nitrogens with two attached hydrogens (primary N) is 2. The van der Waals surface area contributed by atoms with E-state index < -0.39 is 5.97 Å². The van der Waals surface area contributed by atoms with Crippen LogP contribution in [0.5, 0.6) is 5.88 Å². The molecule has 1 aliphatic heterocycles. The van der Waals surface area contributed by atoms with Crippen LogP contribution in [-0.4, -0.2) is 68.8 Å². The van der Waals surface area contributed by atoms with E-state index in [1.165, 1.54) is 19.1 Å². The molecule has 0 spiro atoms. The maximum absolute atomic E-state index is 12.0. The van der Waals surface area contributed by atoms with Gasteiger partial charge in [0.05, 0.1) is 24.7 Å². The molecule has 0 radical (unpaired) electrons. The number of fused-ring (bicyclic) bond motifs is 1. The van der Waals surface area contributed by atoms with Crippen molar-refractivity contribution in [1.82, 2.24) is 19.9 Å². The predicted molar refractivity (Wildman–Crippen MR) is 205 cm³/mol. The number of rotatable bonds is 13. The van der Waals surface area contributed by atoms with Crippen LogP contribution in [0.4, 0.5) is 0 Å². The number of unbranched alkanes of at least 4 members (excludes halogenated alkanes) is 4. The molecule has 3 atom stereocenters. The molecule has 1 saturated heterocycles. The number of hydrogen-bond donors (Lipinski definition) is 3. The zero-order chi connectivity index (χ0) is 38.9. The van der Waals surface area contributed by atoms with Gasteiger partial charge in [0, 0.05) is 25.4 Å². The van der Waals surface area contributed by atoms with Gasteiger partial charge in [0.15, 0.2) is 0 Å². The first-order valence-corrected chi connectivity index (χ1v) is 18.4. The Hall–Kier alpha value is -4.85. The molecule has 2 aliphatic carbocycles. The zero-order valence-electron chi connectivity index (χ0n) is 30.6. The normalized spacial score (nSPS) is 18.0. The second kappa shape index (κ2) is 26.0. The minimum absolute atomic E-state index is 0.129. The van der Waals surface area contributed by atoms with Gasteiger partial charge in [-0.3, -0.25) is 19.2 Å². The monoisotopic (exact) mass is 740 g/mol. The summed E-state index contributed by atoms with van der Waals surface area (Å²) < 4.78 is 11.3. The molecule has 5 N–H and O–H groups in total. The second-order valence-electron chi connectivity index (χ2n) is 12.1. The zero-order valence-corrected chi connectivity index (χ0v) is 31.4. The van der Waals surface area contributed by atoms with Gasteiger partial charge in [-0.2, -0.15) is 4.98 Å². The molecule has 6 rings (SSSR count). The summed E-state index contributed by atoms with van der Waals surface area (Å²) in [4.78, 5) is 56.0. The molecule has 2 saturated carbocycles. The third kappa shape index (κ3) is 16.9. The summed E-state index contributed by atoms with van der Waals surface area (Å²) >= 11 is 1.54. The first-order chi connectivity index (χ1) is 25.2. The molecule has 52 heavy (non-hydrogen) atoms. The number of carboxylic acids is 1. The summed E-state index contributed by atoms with van der Waals surface area (Å²) in [6.45, 7) is 15.1. The Labute approximate surface area is 311 Å². The van der Waals surface area contributed by atoms with Crippen LogP contribution >= 0.6 is 11.3 Å². The van der Waals surface area contributed by atoms with Crippen molar-refractivity contribution in [2.24, 2.45) is 29.2 Å². The lowest BCUT2D eigenvalue weighted by Crippen LogP contribution is -2.33. The van der Waals surface area contributed by atoms with Gasteiger partial charge in [-0.25, -0.2) is 9.97 Å². The highest BCUT2D eigenvalue weighted by Gasteiger charge is 2.40. The van der Waals surface area contributed by atoms with Crippen molar-refractivity contribution in [3.05, 3.63) is 62.4 Å². The quantitative estimate of drug-likeness (QED) is 0.0934. The van der Waals surface area contributed by atoms with Crippen molar-refractivity contribution in [3.8, 4) is 17.6 Å². The van der Waals surface area contributed by atoms with Gasteiger partial charge >= 0.3 is 5.97 Å². The van der Waals surface area contributed by atoms with Crippen LogP contribution in [0.15, 0.2) is 66.8 Å². The second-order valence-corrected chi connectivity index (χ2v) is 13.0. The van der Waals surface area contributed by atoms with E-state index in [9.17, 15) is 14.4 Å². The van der Waals surface area contributed by atoms with Crippen molar-refractivity contribution in [2.75, 3.05) is 13.7 Å². The highest BCUT2D eigenvalue weighted by Crippen LogP contribution is 2.39. The van der Waals surface area contributed by atoms with Gasteiger partial charge in [-0.05, 0) is 81.6 Å². The average molecular weight is 741 g/mol. The van der Waals surface area contributed by atoms with Crippen LogP contribution < -0.4 is 16.2 Å². The standard InChI is InChI=1S/C18H29NO3.C10H7N3O2S.C5H9NO.2C2H4.CH3NO/c1-14-9-8-12-19(14)17(20)11-7-5-3-2-4-6-10-15-13-16(15)18(21)22;1-14-9-7-6(2-5-16-7)12-8(13-9)10-11-3-4-15-10;6-5(7)3-4-1-2-4;2*1-2;2-1-3/h6,10,14-16H,2-5,7-9,11-13H2,1H3,(H,21,22);2-5H,1H3;4H,1-3H2,(H2,6,7);2*1-2H2;1H,(H2,2,3)/b10-6-;;;;;. The van der Waals surface area contributed by atoms with E-state index in [0.29, 0.717) is 48.3 Å². The molecule has 3 aromatic rings. The molecule has 0 aromatic carbocycles. The summed E-state index contributed by atoms with van der Waals surface area (Å²) in [5, 5.41) is 10.7. The van der Waals surface area contributed by atoms with E-state index >= 15 is 0 Å². The van der Waals surface area contributed by atoms with Crippen molar-refractivity contribution >= 4 is 45.7 Å². The maximum Gasteiger partial charge on any atom is 0.307 e. The average Bonchev–Trinajstić information content (AvgIpc) is 3.89. The number of methoxy groups -OCH3 is 1. The Morgan fingerprint density at radius 1 is 1.12 bits per heavy atom. The fourth-order valence-corrected chi connectivity index (χ4v) is 6.13. The molecular formula is C38H56N6O7S. The van der Waals surface area contributed by atoms with Gasteiger partial charge in [0.1, 0.15) is 11.0 Å². The number of oxazole rings is 1. The SMILES string of the molecule is C=C.C=C.CC1CCCN1C(=O)CCCCCC/C=C\C1CC1C(=O)O.COc1nc(-c2ncco2)nc2ccsc12.NC(=O)CC1CC1.NC=O. The van der Waals surface area contributed by atoms with Gasteiger partial charge in [-0.1, -0.05) is 25.0 Å². The summed E-state index contributed by atoms with van der Waals surface area (Å²) in [7, 11) is 1.58. The van der Waals surface area contributed by atoms with Gasteiger partial charge in [0.25, 0.3) is 5.89 Å². The Morgan fingerprint density at radius 3 is 2.33 bits per heavy atom. The number of carbonyl (C=O) groups is 4. The predicted octanol–water partition coefficient (Wildman–Crippen LogP) is 6.95. The van der Waals surface area contributed by atoms with E-state index in [0.717, 1.165) is 68.1 Å². The molecule has 4 heterocycles. The number of nitrogens with zero attached hydrogens (tertiary/aromatic N) is 4. The summed E-state index contributed by atoms with van der Waals surface area (Å²) in [6, 6.07) is 2.35. The number of carbonyl (C=O) groups excluding carboxylic acids is 3. The van der Waals surface area contributed by atoms with Crippen LogP contribution in [0.2, 0.25) is 0 Å². The lowest BCUT2D eigenvalue weighted by molar-refractivity contribution is -0.138. The fraction of sp³-hybridized carbons (Fsp3) is 0.500. The van der Waals surface area contributed by atoms with Gasteiger partial charge in [-0.15, -0.1) is 37.7 Å². The van der Waals surface area contributed by atoms with Crippen LogP contribution in [0.1, 0.15) is 84.0 Å². The molecular weight excluding hydrogens is 685 g/mol. The van der Waals surface area contributed by atoms with Gasteiger partial charge < -0.3 is 30.6 Å². The number of thiophene rings is 1. The van der Waals surface area contributed by atoms with Crippen molar-refractivity contribution in [1.29, 1.82) is 0 Å². The molecule has 3 aromatic heterocycles. The summed E-state index contributed by atoms with van der Waals surface area (Å²) in [5.74, 6) is 1.70. The number of amides is 3. The molecule has 3 aliphatic rings. The van der Waals surface area contributed by atoms with E-state index in [1.54, 1.807) is 24.6 Å². The molecule has 0 bridgehead atoms.